The minimum absolute atomic E-state index is 0.0429. The second-order valence-electron chi connectivity index (χ2n) is 5.53. The highest BCUT2D eigenvalue weighted by molar-refractivity contribution is 5.94. The molecule has 0 atom stereocenters. The quantitative estimate of drug-likeness (QED) is 0.637. The first-order chi connectivity index (χ1) is 13.4. The maximum atomic E-state index is 13.1. The van der Waals surface area contributed by atoms with Crippen molar-refractivity contribution in [3.63, 3.8) is 0 Å². The summed E-state index contributed by atoms with van der Waals surface area (Å²) in [5.74, 6) is -3.50. The van der Waals surface area contributed by atoms with Crippen LogP contribution in [-0.2, 0) is 19.1 Å². The molecule has 0 bridgehead atoms. The van der Waals surface area contributed by atoms with Crippen LogP contribution in [0.5, 0.6) is 5.75 Å². The van der Waals surface area contributed by atoms with Crippen molar-refractivity contribution in [2.24, 2.45) is 0 Å². The van der Waals surface area contributed by atoms with Crippen molar-refractivity contribution < 1.29 is 32.6 Å². The third-order valence-corrected chi connectivity index (χ3v) is 3.33. The smallest absolute Gasteiger partial charge is 0.309 e. The summed E-state index contributed by atoms with van der Waals surface area (Å²) in [5, 5.41) is 4.53. The first-order valence-corrected chi connectivity index (χ1v) is 8.29. The minimum atomic E-state index is -1.11. The number of hydrogen-bond donors (Lipinski definition) is 2. The zero-order chi connectivity index (χ0) is 20.4. The van der Waals surface area contributed by atoms with Crippen LogP contribution in [0, 0.1) is 11.6 Å². The molecule has 0 aliphatic heterocycles. The van der Waals surface area contributed by atoms with Gasteiger partial charge in [0.2, 0.25) is 5.91 Å². The predicted molar refractivity (Wildman–Crippen MR) is 95.5 cm³/mol. The Morgan fingerprint density at radius 2 is 1.68 bits per heavy atom. The number of carbonyl (C=O) groups is 3. The highest BCUT2D eigenvalue weighted by atomic mass is 19.2. The lowest BCUT2D eigenvalue weighted by molar-refractivity contribution is -0.149. The van der Waals surface area contributed by atoms with E-state index in [0.29, 0.717) is 5.75 Å². The van der Waals surface area contributed by atoms with Gasteiger partial charge >= 0.3 is 5.97 Å². The second-order valence-corrected chi connectivity index (χ2v) is 5.53. The zero-order valence-corrected chi connectivity index (χ0v) is 14.7. The average Bonchev–Trinajstić information content (AvgIpc) is 2.68. The molecule has 0 fully saturated rings. The summed E-state index contributed by atoms with van der Waals surface area (Å²) < 4.78 is 36.0. The molecule has 0 unspecified atom stereocenters. The first kappa shape index (κ1) is 20.8. The number of para-hydroxylation sites is 1. The standard InChI is InChI=1S/C19H18F2N2O5/c20-15-7-6-13(10-16(15)21)23-17(24)11-22-18(25)12-28-19(26)8-9-27-14-4-2-1-3-5-14/h1-7,10H,8-9,11-12H2,(H,22,25)(H,23,24). The molecular formula is C19H18F2N2O5. The number of nitrogens with one attached hydrogen (secondary N) is 2. The van der Waals surface area contributed by atoms with Crippen molar-refractivity contribution in [1.82, 2.24) is 5.32 Å². The molecule has 7 nitrogen and oxygen atoms in total. The van der Waals surface area contributed by atoms with Crippen LogP contribution in [-0.4, -0.2) is 37.5 Å². The molecule has 2 aromatic rings. The lowest BCUT2D eigenvalue weighted by Crippen LogP contribution is -2.35. The molecule has 0 radical (unpaired) electrons. The molecule has 2 rings (SSSR count). The van der Waals surface area contributed by atoms with Gasteiger partial charge in [-0.3, -0.25) is 14.4 Å². The normalized spacial score (nSPS) is 10.1. The average molecular weight is 392 g/mol. The third kappa shape index (κ3) is 7.40. The SMILES string of the molecule is O=C(COC(=O)CCOc1ccccc1)NCC(=O)Nc1ccc(F)c(F)c1. The molecule has 148 valence electrons. The van der Waals surface area contributed by atoms with E-state index >= 15 is 0 Å². The molecule has 0 saturated heterocycles. The van der Waals surface area contributed by atoms with E-state index < -0.39 is 42.6 Å². The fourth-order valence-corrected chi connectivity index (χ4v) is 2.00. The summed E-state index contributed by atoms with van der Waals surface area (Å²) in [5.41, 5.74) is 0.0444. The van der Waals surface area contributed by atoms with Crippen molar-refractivity contribution in [2.45, 2.75) is 6.42 Å². The molecule has 2 aromatic carbocycles. The zero-order valence-electron chi connectivity index (χ0n) is 14.7. The Morgan fingerprint density at radius 1 is 0.929 bits per heavy atom. The Balaban J connectivity index is 1.60. The molecule has 2 amide bonds. The van der Waals surface area contributed by atoms with Crippen molar-refractivity contribution >= 4 is 23.5 Å². The number of esters is 1. The van der Waals surface area contributed by atoms with E-state index in [1.807, 2.05) is 6.07 Å². The van der Waals surface area contributed by atoms with Crippen LogP contribution < -0.4 is 15.4 Å². The van der Waals surface area contributed by atoms with Crippen LogP contribution in [0.15, 0.2) is 48.5 Å². The fraction of sp³-hybridized carbons (Fsp3) is 0.211. The molecular weight excluding hydrogens is 374 g/mol. The van der Waals surface area contributed by atoms with E-state index in [-0.39, 0.29) is 18.7 Å². The van der Waals surface area contributed by atoms with Gasteiger partial charge in [-0.2, -0.15) is 0 Å². The van der Waals surface area contributed by atoms with Gasteiger partial charge in [0.15, 0.2) is 18.2 Å². The van der Waals surface area contributed by atoms with Crippen LogP contribution >= 0.6 is 0 Å². The monoisotopic (exact) mass is 392 g/mol. The summed E-state index contributed by atoms with van der Waals surface area (Å²) in [7, 11) is 0. The Kier molecular flexibility index (Phi) is 7.89. The van der Waals surface area contributed by atoms with Crippen LogP contribution in [0.4, 0.5) is 14.5 Å². The lowest BCUT2D eigenvalue weighted by Gasteiger charge is -2.08. The largest absolute Gasteiger partial charge is 0.493 e. The van der Waals surface area contributed by atoms with E-state index in [1.165, 1.54) is 6.07 Å². The summed E-state index contributed by atoms with van der Waals surface area (Å²) in [6.45, 7) is -0.879. The van der Waals surface area contributed by atoms with E-state index in [1.54, 1.807) is 24.3 Å². The fourth-order valence-electron chi connectivity index (χ4n) is 2.00. The number of ether oxygens (including phenoxy) is 2. The topological polar surface area (TPSA) is 93.7 Å². The van der Waals surface area contributed by atoms with Gasteiger partial charge in [0.1, 0.15) is 5.75 Å². The minimum Gasteiger partial charge on any atom is -0.493 e. The number of anilines is 1. The van der Waals surface area contributed by atoms with E-state index in [2.05, 4.69) is 10.6 Å². The van der Waals surface area contributed by atoms with Gasteiger partial charge in [0.25, 0.3) is 5.91 Å². The summed E-state index contributed by atoms with van der Waals surface area (Å²) in [6, 6.07) is 11.8. The Hall–Kier alpha value is -3.49. The van der Waals surface area contributed by atoms with Gasteiger partial charge in [0.05, 0.1) is 19.6 Å². The first-order valence-electron chi connectivity index (χ1n) is 8.29. The van der Waals surface area contributed by atoms with Crippen LogP contribution in [0.25, 0.3) is 0 Å². The van der Waals surface area contributed by atoms with Gasteiger partial charge in [-0.1, -0.05) is 18.2 Å². The lowest BCUT2D eigenvalue weighted by atomic mass is 10.3. The van der Waals surface area contributed by atoms with E-state index in [0.717, 1.165) is 12.1 Å². The third-order valence-electron chi connectivity index (χ3n) is 3.33. The Bertz CT molecular complexity index is 830. The molecule has 2 N–H and O–H groups in total. The number of halogens is 2. The van der Waals surface area contributed by atoms with Crippen molar-refractivity contribution in [1.29, 1.82) is 0 Å². The number of carbonyl (C=O) groups excluding carboxylic acids is 3. The van der Waals surface area contributed by atoms with Crippen LogP contribution in [0.2, 0.25) is 0 Å². The summed E-state index contributed by atoms with van der Waals surface area (Å²) in [6.07, 6.45) is -0.0429. The van der Waals surface area contributed by atoms with Gasteiger partial charge < -0.3 is 20.1 Å². The van der Waals surface area contributed by atoms with Gasteiger partial charge in [-0.15, -0.1) is 0 Å². The molecule has 0 aromatic heterocycles. The number of rotatable bonds is 9. The molecule has 0 saturated carbocycles. The Morgan fingerprint density at radius 3 is 2.39 bits per heavy atom. The van der Waals surface area contributed by atoms with E-state index in [9.17, 15) is 23.2 Å². The number of hydrogen-bond acceptors (Lipinski definition) is 5. The van der Waals surface area contributed by atoms with Gasteiger partial charge in [0, 0.05) is 11.8 Å². The van der Waals surface area contributed by atoms with Crippen LogP contribution in [0.1, 0.15) is 6.42 Å². The molecule has 0 aliphatic carbocycles. The highest BCUT2D eigenvalue weighted by Crippen LogP contribution is 2.12. The highest BCUT2D eigenvalue weighted by Gasteiger charge is 2.10. The Labute approximate surface area is 159 Å². The van der Waals surface area contributed by atoms with E-state index in [4.69, 9.17) is 9.47 Å². The molecule has 9 heteroatoms. The number of benzene rings is 2. The number of amides is 2. The van der Waals surface area contributed by atoms with Crippen molar-refractivity contribution in [3.05, 3.63) is 60.2 Å². The maximum absolute atomic E-state index is 13.1. The van der Waals surface area contributed by atoms with Gasteiger partial charge in [-0.05, 0) is 24.3 Å². The molecule has 0 spiro atoms. The molecule has 28 heavy (non-hydrogen) atoms. The maximum Gasteiger partial charge on any atom is 0.309 e. The predicted octanol–water partition coefficient (Wildman–Crippen LogP) is 2.03. The van der Waals surface area contributed by atoms with Crippen molar-refractivity contribution in [3.8, 4) is 5.75 Å². The second kappa shape index (κ2) is 10.6. The molecule has 0 heterocycles. The van der Waals surface area contributed by atoms with Crippen LogP contribution in [0.3, 0.4) is 0 Å². The summed E-state index contributed by atoms with van der Waals surface area (Å²) in [4.78, 5) is 34.8. The van der Waals surface area contributed by atoms with Crippen molar-refractivity contribution in [2.75, 3.05) is 25.1 Å². The summed E-state index contributed by atoms with van der Waals surface area (Å²) >= 11 is 0. The molecule has 0 aliphatic rings. The van der Waals surface area contributed by atoms with Gasteiger partial charge in [-0.25, -0.2) is 8.78 Å².